The second-order valence-corrected chi connectivity index (χ2v) is 11.6. The number of fused-ring (bicyclic) bond motifs is 1. The summed E-state index contributed by atoms with van der Waals surface area (Å²) in [6.45, 7) is 6.12. The van der Waals surface area contributed by atoms with Crippen molar-refractivity contribution in [1.29, 1.82) is 0 Å². The minimum Gasteiger partial charge on any atom is -0.444 e. The van der Waals surface area contributed by atoms with Crippen LogP contribution in [0, 0.1) is 0 Å². The van der Waals surface area contributed by atoms with Gasteiger partial charge in [0.25, 0.3) is 0 Å². The van der Waals surface area contributed by atoms with E-state index in [4.69, 9.17) is 14.2 Å². The smallest absolute Gasteiger partial charge is 0.416 e. The Kier molecular flexibility index (Phi) is 8.99. The highest BCUT2D eigenvalue weighted by Gasteiger charge is 2.58. The van der Waals surface area contributed by atoms with E-state index in [9.17, 15) is 35.9 Å². The minimum atomic E-state index is -4.69. The van der Waals surface area contributed by atoms with Crippen LogP contribution in [0.1, 0.15) is 58.8 Å². The van der Waals surface area contributed by atoms with Gasteiger partial charge >= 0.3 is 24.5 Å². The number of carbonyl (C=O) groups excluding carboxylic acids is 2. The maximum atomic E-state index is 13.5. The SMILES string of the molecule is CO[C@@H](Cc1cnn2cc([C@H](COC(C)(C)C(F)(F)F)NC(=O)OC(C)(C)C)nc2c1)N1C[C@@](C)(C(F)(F)F)NC1=O. The zero-order valence-electron chi connectivity index (χ0n) is 24.1. The maximum Gasteiger partial charge on any atom is 0.416 e. The van der Waals surface area contributed by atoms with Crippen LogP contribution in [-0.2, 0) is 20.6 Å². The molecule has 2 N–H and O–H groups in total. The number of amides is 3. The molecule has 0 aromatic carbocycles. The third-order valence-electron chi connectivity index (χ3n) is 6.52. The summed E-state index contributed by atoms with van der Waals surface area (Å²) < 4.78 is 97.5. The van der Waals surface area contributed by atoms with Crippen molar-refractivity contribution in [3.63, 3.8) is 0 Å². The number of hydrogen-bond donors (Lipinski definition) is 2. The van der Waals surface area contributed by atoms with Crippen molar-refractivity contribution >= 4 is 17.8 Å². The number of imidazole rings is 1. The fourth-order valence-corrected chi connectivity index (χ4v) is 3.91. The van der Waals surface area contributed by atoms with Crippen LogP contribution >= 0.6 is 0 Å². The number of hydrogen-bond acceptors (Lipinski definition) is 7. The van der Waals surface area contributed by atoms with Gasteiger partial charge in [-0.05, 0) is 53.2 Å². The molecule has 1 aliphatic rings. The molecular weight excluding hydrogens is 578 g/mol. The molecule has 3 atom stereocenters. The number of urea groups is 1. The number of rotatable bonds is 9. The fraction of sp³-hybridized carbons (Fsp3) is 0.680. The van der Waals surface area contributed by atoms with Gasteiger partial charge in [-0.25, -0.2) is 19.1 Å². The predicted molar refractivity (Wildman–Crippen MR) is 135 cm³/mol. The van der Waals surface area contributed by atoms with Crippen molar-refractivity contribution in [3.8, 4) is 0 Å². The first kappa shape index (κ1) is 33.2. The molecular formula is C25H34F6N6O5. The Morgan fingerprint density at radius 1 is 1.17 bits per heavy atom. The van der Waals surface area contributed by atoms with E-state index in [2.05, 4.69) is 15.4 Å². The average Bonchev–Trinajstić information content (AvgIpc) is 3.38. The molecule has 0 bridgehead atoms. The number of halogens is 6. The van der Waals surface area contributed by atoms with Crippen molar-refractivity contribution in [2.75, 3.05) is 20.3 Å². The molecule has 2 aromatic heterocycles. The summed E-state index contributed by atoms with van der Waals surface area (Å²) in [7, 11) is 1.25. The molecule has 0 saturated carbocycles. The van der Waals surface area contributed by atoms with Crippen molar-refractivity contribution in [2.24, 2.45) is 0 Å². The summed E-state index contributed by atoms with van der Waals surface area (Å²) in [6, 6.07) is -0.604. The molecule has 0 aliphatic carbocycles. The van der Waals surface area contributed by atoms with Gasteiger partial charge in [-0.15, -0.1) is 0 Å². The van der Waals surface area contributed by atoms with Crippen LogP contribution in [0.15, 0.2) is 18.5 Å². The van der Waals surface area contributed by atoms with E-state index in [0.29, 0.717) is 5.56 Å². The zero-order valence-corrected chi connectivity index (χ0v) is 24.1. The molecule has 3 heterocycles. The predicted octanol–water partition coefficient (Wildman–Crippen LogP) is 4.51. The van der Waals surface area contributed by atoms with Gasteiger partial charge in [0.2, 0.25) is 0 Å². The van der Waals surface area contributed by atoms with Crippen LogP contribution in [0.5, 0.6) is 0 Å². The molecule has 0 spiro atoms. The molecule has 3 amide bonds. The summed E-state index contributed by atoms with van der Waals surface area (Å²) in [5.41, 5.74) is -5.14. The highest BCUT2D eigenvalue weighted by Crippen LogP contribution is 2.36. The van der Waals surface area contributed by atoms with E-state index >= 15 is 0 Å². The van der Waals surface area contributed by atoms with Crippen molar-refractivity contribution in [3.05, 3.63) is 29.7 Å². The molecule has 1 fully saturated rings. The first-order chi connectivity index (χ1) is 19.0. The van der Waals surface area contributed by atoms with E-state index in [1.807, 2.05) is 5.32 Å². The highest BCUT2D eigenvalue weighted by molar-refractivity contribution is 5.78. The topological polar surface area (TPSA) is 119 Å². The molecule has 2 aromatic rings. The zero-order chi connectivity index (χ0) is 31.9. The van der Waals surface area contributed by atoms with Crippen molar-refractivity contribution in [2.45, 2.75) is 89.3 Å². The number of ether oxygens (including phenoxy) is 3. The maximum absolute atomic E-state index is 13.5. The van der Waals surface area contributed by atoms with E-state index in [-0.39, 0.29) is 17.8 Å². The fourth-order valence-electron chi connectivity index (χ4n) is 3.91. The average molecular weight is 613 g/mol. The first-order valence-corrected chi connectivity index (χ1v) is 12.8. The Morgan fingerprint density at radius 3 is 2.33 bits per heavy atom. The van der Waals surface area contributed by atoms with Crippen molar-refractivity contribution in [1.82, 2.24) is 30.1 Å². The highest BCUT2D eigenvalue weighted by atomic mass is 19.4. The summed E-state index contributed by atoms with van der Waals surface area (Å²) >= 11 is 0. The molecule has 17 heteroatoms. The second-order valence-electron chi connectivity index (χ2n) is 11.6. The van der Waals surface area contributed by atoms with Gasteiger partial charge < -0.3 is 24.8 Å². The molecule has 236 valence electrons. The third kappa shape index (κ3) is 7.53. The number of alkyl carbamates (subject to hydrolysis) is 1. The Morgan fingerprint density at radius 2 is 1.81 bits per heavy atom. The molecule has 0 unspecified atom stereocenters. The van der Waals surface area contributed by atoms with Gasteiger partial charge in [0, 0.05) is 13.5 Å². The van der Waals surface area contributed by atoms with Crippen LogP contribution < -0.4 is 10.6 Å². The minimum absolute atomic E-state index is 0.0496. The van der Waals surface area contributed by atoms with Gasteiger partial charge in [0.05, 0.1) is 37.3 Å². The lowest BCUT2D eigenvalue weighted by Crippen LogP contribution is -2.53. The van der Waals surface area contributed by atoms with Crippen LogP contribution in [-0.4, -0.2) is 87.2 Å². The van der Waals surface area contributed by atoms with Gasteiger partial charge in [0.15, 0.2) is 16.8 Å². The molecule has 1 saturated heterocycles. The van der Waals surface area contributed by atoms with Gasteiger partial charge in [-0.3, -0.25) is 4.90 Å². The molecule has 0 radical (unpaired) electrons. The molecule has 11 nitrogen and oxygen atoms in total. The largest absolute Gasteiger partial charge is 0.444 e. The molecule has 42 heavy (non-hydrogen) atoms. The molecule has 1 aliphatic heterocycles. The van der Waals surface area contributed by atoms with Gasteiger partial charge in [-0.1, -0.05) is 0 Å². The van der Waals surface area contributed by atoms with Crippen LogP contribution in [0.2, 0.25) is 0 Å². The number of aromatic nitrogens is 3. The lowest BCUT2D eigenvalue weighted by molar-refractivity contribution is -0.265. The van der Waals surface area contributed by atoms with E-state index in [1.54, 1.807) is 20.8 Å². The summed E-state index contributed by atoms with van der Waals surface area (Å²) in [4.78, 5) is 30.1. The van der Waals surface area contributed by atoms with E-state index < -0.39 is 66.6 Å². The number of carbonyl (C=O) groups is 2. The van der Waals surface area contributed by atoms with E-state index in [0.717, 1.165) is 25.7 Å². The van der Waals surface area contributed by atoms with Crippen LogP contribution in [0.25, 0.3) is 5.65 Å². The third-order valence-corrected chi connectivity index (χ3v) is 6.52. The normalized spacial score (nSPS) is 20.0. The summed E-state index contributed by atoms with van der Waals surface area (Å²) in [5, 5.41) is 8.63. The van der Waals surface area contributed by atoms with E-state index in [1.165, 1.54) is 30.1 Å². The Labute approximate surface area is 237 Å². The number of alkyl halides is 6. The van der Waals surface area contributed by atoms with Crippen LogP contribution in [0.3, 0.4) is 0 Å². The second kappa shape index (κ2) is 11.4. The number of nitrogens with one attached hydrogen (secondary N) is 2. The lowest BCUT2D eigenvalue weighted by Gasteiger charge is -2.30. The monoisotopic (exact) mass is 612 g/mol. The van der Waals surface area contributed by atoms with Crippen molar-refractivity contribution < 1.29 is 50.1 Å². The first-order valence-electron chi connectivity index (χ1n) is 12.8. The summed E-state index contributed by atoms with van der Waals surface area (Å²) in [6.07, 6.45) is -8.67. The quantitative estimate of drug-likeness (QED) is 0.400. The Balaban J connectivity index is 1.85. The lowest BCUT2D eigenvalue weighted by atomic mass is 10.0. The number of methoxy groups -OCH3 is 1. The van der Waals surface area contributed by atoms with Gasteiger partial charge in [-0.2, -0.15) is 31.4 Å². The standard InChI is InChI=1S/C25H34F6N6O5/c1-21(2,3)42-20(39)34-16(12-41-22(4,5)24(26,27)28)15-11-37-17(33-15)8-14(10-32-37)9-18(40-7)36-13-23(6,25(29,30)31)35-19(36)38/h8,10-11,16,18H,9,12-13H2,1-7H3,(H,34,39)(H,35,38)/t16-,18-,23-/m0/s1. The molecule has 3 rings (SSSR count). The van der Waals surface area contributed by atoms with Crippen LogP contribution in [0.4, 0.5) is 35.9 Å². The van der Waals surface area contributed by atoms with Gasteiger partial charge in [0.1, 0.15) is 11.8 Å². The Bertz CT molecular complexity index is 1290. The Hall–Kier alpha value is -3.34. The number of nitrogens with zero attached hydrogens (tertiary/aromatic N) is 4. The summed E-state index contributed by atoms with van der Waals surface area (Å²) in [5.74, 6) is 0.